The SMILES string of the molecule is CCOc1ccc(NCC2CC3CCC2C3)cc1. The molecule has 2 fully saturated rings. The summed E-state index contributed by atoms with van der Waals surface area (Å²) < 4.78 is 5.45. The normalized spacial score (nSPS) is 29.5. The Labute approximate surface area is 110 Å². The van der Waals surface area contributed by atoms with E-state index in [4.69, 9.17) is 4.74 Å². The Hall–Kier alpha value is -1.18. The molecule has 0 amide bonds. The molecule has 1 aromatic rings. The van der Waals surface area contributed by atoms with Gasteiger partial charge >= 0.3 is 0 Å². The first-order chi connectivity index (χ1) is 8.85. The second kappa shape index (κ2) is 5.21. The fourth-order valence-corrected chi connectivity index (χ4v) is 3.71. The van der Waals surface area contributed by atoms with Gasteiger partial charge < -0.3 is 10.1 Å². The summed E-state index contributed by atoms with van der Waals surface area (Å²) in [7, 11) is 0. The summed E-state index contributed by atoms with van der Waals surface area (Å²) in [5.41, 5.74) is 1.22. The third-order valence-electron chi connectivity index (χ3n) is 4.62. The molecule has 0 spiro atoms. The van der Waals surface area contributed by atoms with E-state index >= 15 is 0 Å². The van der Waals surface area contributed by atoms with Crippen molar-refractivity contribution in [2.75, 3.05) is 18.5 Å². The monoisotopic (exact) mass is 245 g/mol. The first kappa shape index (κ1) is 11.9. The number of ether oxygens (including phenoxy) is 1. The molecular formula is C16H23NO. The van der Waals surface area contributed by atoms with Crippen LogP contribution in [0.4, 0.5) is 5.69 Å². The third-order valence-corrected chi connectivity index (χ3v) is 4.62. The van der Waals surface area contributed by atoms with E-state index in [1.807, 2.05) is 19.1 Å². The Bertz CT molecular complexity index is 387. The molecular weight excluding hydrogens is 222 g/mol. The van der Waals surface area contributed by atoms with Gasteiger partial charge in [0.1, 0.15) is 5.75 Å². The summed E-state index contributed by atoms with van der Waals surface area (Å²) in [5, 5.41) is 3.59. The molecule has 2 aliphatic rings. The molecule has 2 nitrogen and oxygen atoms in total. The van der Waals surface area contributed by atoms with Crippen molar-refractivity contribution in [3.8, 4) is 5.75 Å². The van der Waals surface area contributed by atoms with E-state index in [-0.39, 0.29) is 0 Å². The van der Waals surface area contributed by atoms with Crippen LogP contribution in [0.1, 0.15) is 32.6 Å². The maximum atomic E-state index is 5.45. The lowest BCUT2D eigenvalue weighted by molar-refractivity contribution is 0.340. The second-order valence-corrected chi connectivity index (χ2v) is 5.77. The van der Waals surface area contributed by atoms with Crippen molar-refractivity contribution >= 4 is 5.69 Å². The van der Waals surface area contributed by atoms with Gasteiger partial charge in [0.2, 0.25) is 0 Å². The zero-order valence-electron chi connectivity index (χ0n) is 11.2. The van der Waals surface area contributed by atoms with E-state index < -0.39 is 0 Å². The minimum absolute atomic E-state index is 0.734. The van der Waals surface area contributed by atoms with Gasteiger partial charge in [-0.15, -0.1) is 0 Å². The molecule has 98 valence electrons. The zero-order chi connectivity index (χ0) is 12.4. The van der Waals surface area contributed by atoms with Crippen LogP contribution in [0.5, 0.6) is 5.75 Å². The first-order valence-corrected chi connectivity index (χ1v) is 7.32. The van der Waals surface area contributed by atoms with Crippen LogP contribution in [0.15, 0.2) is 24.3 Å². The van der Waals surface area contributed by atoms with Gasteiger partial charge in [0.15, 0.2) is 0 Å². The van der Waals surface area contributed by atoms with Crippen LogP contribution in [0, 0.1) is 17.8 Å². The maximum Gasteiger partial charge on any atom is 0.119 e. The van der Waals surface area contributed by atoms with Crippen LogP contribution in [-0.4, -0.2) is 13.2 Å². The molecule has 2 bridgehead atoms. The van der Waals surface area contributed by atoms with Crippen LogP contribution in [0.25, 0.3) is 0 Å². The Morgan fingerprint density at radius 3 is 2.61 bits per heavy atom. The summed E-state index contributed by atoms with van der Waals surface area (Å²) in [6, 6.07) is 8.34. The Morgan fingerprint density at radius 1 is 1.17 bits per heavy atom. The molecule has 2 saturated carbocycles. The molecule has 2 aliphatic carbocycles. The molecule has 3 rings (SSSR count). The fraction of sp³-hybridized carbons (Fsp3) is 0.625. The molecule has 0 aromatic heterocycles. The van der Waals surface area contributed by atoms with Gasteiger partial charge in [0, 0.05) is 12.2 Å². The lowest BCUT2D eigenvalue weighted by Crippen LogP contribution is -2.20. The summed E-state index contributed by atoms with van der Waals surface area (Å²) in [6.07, 6.45) is 5.91. The number of rotatable bonds is 5. The van der Waals surface area contributed by atoms with E-state index in [9.17, 15) is 0 Å². The van der Waals surface area contributed by atoms with Gasteiger partial charge in [-0.2, -0.15) is 0 Å². The number of anilines is 1. The quantitative estimate of drug-likeness (QED) is 0.848. The van der Waals surface area contributed by atoms with E-state index in [1.54, 1.807) is 0 Å². The minimum Gasteiger partial charge on any atom is -0.494 e. The highest BCUT2D eigenvalue weighted by Crippen LogP contribution is 2.48. The minimum atomic E-state index is 0.734. The van der Waals surface area contributed by atoms with Crippen molar-refractivity contribution in [2.24, 2.45) is 17.8 Å². The number of nitrogens with one attached hydrogen (secondary N) is 1. The number of fused-ring (bicyclic) bond motifs is 2. The maximum absolute atomic E-state index is 5.45. The topological polar surface area (TPSA) is 21.3 Å². The van der Waals surface area contributed by atoms with Gasteiger partial charge in [-0.25, -0.2) is 0 Å². The van der Waals surface area contributed by atoms with E-state index in [1.165, 1.54) is 31.4 Å². The lowest BCUT2D eigenvalue weighted by atomic mass is 9.89. The van der Waals surface area contributed by atoms with E-state index in [2.05, 4.69) is 17.4 Å². The molecule has 18 heavy (non-hydrogen) atoms. The van der Waals surface area contributed by atoms with Crippen molar-refractivity contribution in [3.63, 3.8) is 0 Å². The summed E-state index contributed by atoms with van der Waals surface area (Å²) in [4.78, 5) is 0. The average molecular weight is 245 g/mol. The van der Waals surface area contributed by atoms with Crippen LogP contribution >= 0.6 is 0 Å². The van der Waals surface area contributed by atoms with Gasteiger partial charge in [-0.05, 0) is 68.2 Å². The molecule has 0 radical (unpaired) electrons. The predicted octanol–water partition coefficient (Wildman–Crippen LogP) is 3.93. The highest BCUT2D eigenvalue weighted by Gasteiger charge is 2.38. The average Bonchev–Trinajstić information content (AvgIpc) is 3.00. The van der Waals surface area contributed by atoms with Crippen molar-refractivity contribution in [1.29, 1.82) is 0 Å². The molecule has 0 heterocycles. The summed E-state index contributed by atoms with van der Waals surface area (Å²) >= 11 is 0. The zero-order valence-corrected chi connectivity index (χ0v) is 11.2. The summed E-state index contributed by atoms with van der Waals surface area (Å²) in [5.74, 6) is 3.92. The highest BCUT2D eigenvalue weighted by molar-refractivity contribution is 5.46. The van der Waals surface area contributed by atoms with E-state index in [0.29, 0.717) is 0 Å². The van der Waals surface area contributed by atoms with Crippen molar-refractivity contribution in [2.45, 2.75) is 32.6 Å². The van der Waals surface area contributed by atoms with Crippen molar-refractivity contribution in [3.05, 3.63) is 24.3 Å². The highest BCUT2D eigenvalue weighted by atomic mass is 16.5. The smallest absolute Gasteiger partial charge is 0.119 e. The van der Waals surface area contributed by atoms with E-state index in [0.717, 1.165) is 36.7 Å². The molecule has 1 N–H and O–H groups in total. The molecule has 0 aliphatic heterocycles. The number of hydrogen-bond donors (Lipinski definition) is 1. The fourth-order valence-electron chi connectivity index (χ4n) is 3.71. The van der Waals surface area contributed by atoms with Gasteiger partial charge in [-0.3, -0.25) is 0 Å². The van der Waals surface area contributed by atoms with Gasteiger partial charge in [0.25, 0.3) is 0 Å². The molecule has 0 saturated heterocycles. The molecule has 3 unspecified atom stereocenters. The second-order valence-electron chi connectivity index (χ2n) is 5.77. The molecule has 2 heteroatoms. The van der Waals surface area contributed by atoms with Crippen molar-refractivity contribution < 1.29 is 4.74 Å². The lowest BCUT2D eigenvalue weighted by Gasteiger charge is -2.22. The van der Waals surface area contributed by atoms with Gasteiger partial charge in [0.05, 0.1) is 6.61 Å². The van der Waals surface area contributed by atoms with Crippen LogP contribution in [-0.2, 0) is 0 Å². The van der Waals surface area contributed by atoms with Crippen molar-refractivity contribution in [1.82, 2.24) is 0 Å². The summed E-state index contributed by atoms with van der Waals surface area (Å²) in [6.45, 7) is 3.90. The number of benzene rings is 1. The van der Waals surface area contributed by atoms with Crippen LogP contribution < -0.4 is 10.1 Å². The third kappa shape index (κ3) is 2.47. The Balaban J connectivity index is 1.50. The molecule has 1 aromatic carbocycles. The predicted molar refractivity (Wildman–Crippen MR) is 75.0 cm³/mol. The standard InChI is InChI=1S/C16H23NO/c1-2-18-16-7-5-15(6-8-16)17-11-14-10-12-3-4-13(14)9-12/h5-8,12-14,17H,2-4,9-11H2,1H3. The van der Waals surface area contributed by atoms with Gasteiger partial charge in [-0.1, -0.05) is 6.42 Å². The Kier molecular flexibility index (Phi) is 3.44. The Morgan fingerprint density at radius 2 is 2.00 bits per heavy atom. The largest absolute Gasteiger partial charge is 0.494 e. The van der Waals surface area contributed by atoms with Crippen LogP contribution in [0.3, 0.4) is 0 Å². The first-order valence-electron chi connectivity index (χ1n) is 7.32. The molecule has 3 atom stereocenters. The van der Waals surface area contributed by atoms with Crippen LogP contribution in [0.2, 0.25) is 0 Å². The number of hydrogen-bond acceptors (Lipinski definition) is 2.